The second-order valence-electron chi connectivity index (χ2n) is 4.58. The van der Waals surface area contributed by atoms with Crippen LogP contribution in [0.25, 0.3) is 0 Å². The van der Waals surface area contributed by atoms with Gasteiger partial charge >= 0.3 is 5.69 Å². The monoisotopic (exact) mass is 264 g/mol. The van der Waals surface area contributed by atoms with E-state index in [2.05, 4.69) is 4.90 Å². The molecule has 1 fully saturated rings. The van der Waals surface area contributed by atoms with Crippen LogP contribution < -0.4 is 10.6 Å². The SMILES string of the molecule is CN1CCN(c2cccc(C(N)=O)c2[N+](=O)[O-])CC1. The van der Waals surface area contributed by atoms with E-state index in [0.717, 1.165) is 13.1 Å². The number of amides is 1. The van der Waals surface area contributed by atoms with Crippen LogP contribution >= 0.6 is 0 Å². The predicted octanol–water partition coefficient (Wildman–Crippen LogP) is 0.446. The van der Waals surface area contributed by atoms with E-state index in [0.29, 0.717) is 18.8 Å². The van der Waals surface area contributed by atoms with Gasteiger partial charge in [0.2, 0.25) is 0 Å². The fourth-order valence-corrected chi connectivity index (χ4v) is 2.22. The lowest BCUT2D eigenvalue weighted by atomic mass is 10.1. The predicted molar refractivity (Wildman–Crippen MR) is 71.3 cm³/mol. The number of nitrogens with zero attached hydrogens (tertiary/aromatic N) is 3. The molecule has 19 heavy (non-hydrogen) atoms. The molecule has 1 aromatic rings. The maximum Gasteiger partial charge on any atom is 0.305 e. The van der Waals surface area contributed by atoms with Crippen molar-refractivity contribution in [2.45, 2.75) is 0 Å². The van der Waals surface area contributed by atoms with E-state index in [-0.39, 0.29) is 11.3 Å². The van der Waals surface area contributed by atoms with E-state index < -0.39 is 10.8 Å². The zero-order valence-electron chi connectivity index (χ0n) is 10.7. The van der Waals surface area contributed by atoms with E-state index in [1.807, 2.05) is 11.9 Å². The number of benzene rings is 1. The molecule has 0 unspecified atom stereocenters. The van der Waals surface area contributed by atoms with Gasteiger partial charge in [0.25, 0.3) is 5.91 Å². The van der Waals surface area contributed by atoms with Gasteiger partial charge in [-0.05, 0) is 19.2 Å². The number of anilines is 1. The molecule has 1 aliphatic rings. The minimum absolute atomic E-state index is 0.0403. The molecule has 7 nitrogen and oxygen atoms in total. The van der Waals surface area contributed by atoms with Crippen molar-refractivity contribution in [1.29, 1.82) is 0 Å². The first kappa shape index (κ1) is 13.3. The average Bonchev–Trinajstić information content (AvgIpc) is 2.38. The molecule has 2 rings (SSSR count). The fraction of sp³-hybridized carbons (Fsp3) is 0.417. The van der Waals surface area contributed by atoms with Gasteiger partial charge < -0.3 is 15.5 Å². The number of hydrogen-bond donors (Lipinski definition) is 1. The number of carbonyl (C=O) groups is 1. The van der Waals surface area contributed by atoms with Crippen LogP contribution in [0.3, 0.4) is 0 Å². The number of nitro groups is 1. The number of primary amides is 1. The summed E-state index contributed by atoms with van der Waals surface area (Å²) in [6, 6.07) is 4.68. The summed E-state index contributed by atoms with van der Waals surface area (Å²) in [7, 11) is 2.01. The lowest BCUT2D eigenvalue weighted by Crippen LogP contribution is -2.44. The van der Waals surface area contributed by atoms with Crippen LogP contribution in [0.15, 0.2) is 18.2 Å². The zero-order chi connectivity index (χ0) is 14.0. The molecule has 0 saturated carbocycles. The quantitative estimate of drug-likeness (QED) is 0.632. The van der Waals surface area contributed by atoms with Gasteiger partial charge in [0.15, 0.2) is 0 Å². The Morgan fingerprint density at radius 2 is 1.95 bits per heavy atom. The highest BCUT2D eigenvalue weighted by atomic mass is 16.6. The van der Waals surface area contributed by atoms with Crippen molar-refractivity contribution in [2.24, 2.45) is 5.73 Å². The summed E-state index contributed by atoms with van der Waals surface area (Å²) < 4.78 is 0. The Morgan fingerprint density at radius 3 is 2.47 bits per heavy atom. The van der Waals surface area contributed by atoms with Gasteiger partial charge in [-0.3, -0.25) is 14.9 Å². The highest BCUT2D eigenvalue weighted by molar-refractivity contribution is 5.99. The molecule has 7 heteroatoms. The summed E-state index contributed by atoms with van der Waals surface area (Å²) in [5.41, 5.74) is 5.43. The molecule has 0 aliphatic carbocycles. The number of rotatable bonds is 3. The lowest BCUT2D eigenvalue weighted by Gasteiger charge is -2.33. The van der Waals surface area contributed by atoms with Gasteiger partial charge in [-0.2, -0.15) is 0 Å². The van der Waals surface area contributed by atoms with E-state index in [9.17, 15) is 14.9 Å². The number of nitrogens with two attached hydrogens (primary N) is 1. The zero-order valence-corrected chi connectivity index (χ0v) is 10.7. The van der Waals surface area contributed by atoms with Crippen LogP contribution in [0, 0.1) is 10.1 Å². The van der Waals surface area contributed by atoms with Crippen molar-refractivity contribution in [3.8, 4) is 0 Å². The molecule has 0 aromatic heterocycles. The minimum Gasteiger partial charge on any atom is -0.365 e. The Labute approximate surface area is 110 Å². The van der Waals surface area contributed by atoms with Gasteiger partial charge in [0, 0.05) is 26.2 Å². The molecule has 1 heterocycles. The standard InChI is InChI=1S/C12H16N4O3/c1-14-5-7-15(8-6-14)10-4-2-3-9(12(13)17)11(10)16(18)19/h2-4H,5-8H2,1H3,(H2,13,17). The van der Waals surface area contributed by atoms with Crippen LogP contribution in [0.2, 0.25) is 0 Å². The van der Waals surface area contributed by atoms with E-state index in [4.69, 9.17) is 5.73 Å². The third-order valence-corrected chi connectivity index (χ3v) is 3.31. The number of para-hydroxylation sites is 1. The Kier molecular flexibility index (Phi) is 3.66. The molecule has 0 spiro atoms. The first-order chi connectivity index (χ1) is 9.00. The molecular formula is C12H16N4O3. The molecule has 1 aromatic carbocycles. The van der Waals surface area contributed by atoms with E-state index in [1.54, 1.807) is 12.1 Å². The van der Waals surface area contributed by atoms with Crippen LogP contribution in [0.5, 0.6) is 0 Å². The number of carbonyl (C=O) groups excluding carboxylic acids is 1. The third-order valence-electron chi connectivity index (χ3n) is 3.31. The average molecular weight is 264 g/mol. The summed E-state index contributed by atoms with van der Waals surface area (Å²) in [5.74, 6) is -0.775. The number of nitro benzene ring substituents is 1. The maximum atomic E-state index is 11.3. The number of likely N-dealkylation sites (N-methyl/N-ethyl adjacent to an activating group) is 1. The molecular weight excluding hydrogens is 248 g/mol. The Hall–Kier alpha value is -2.15. The lowest BCUT2D eigenvalue weighted by molar-refractivity contribution is -0.384. The van der Waals surface area contributed by atoms with E-state index >= 15 is 0 Å². The van der Waals surface area contributed by atoms with Gasteiger partial charge in [0.1, 0.15) is 11.3 Å². The minimum atomic E-state index is -0.775. The number of piperazine rings is 1. The van der Waals surface area contributed by atoms with Crippen molar-refractivity contribution < 1.29 is 9.72 Å². The third kappa shape index (κ3) is 2.65. The van der Waals surface area contributed by atoms with Gasteiger partial charge in [-0.15, -0.1) is 0 Å². The van der Waals surface area contributed by atoms with Crippen molar-refractivity contribution in [3.63, 3.8) is 0 Å². The molecule has 1 aliphatic heterocycles. The normalized spacial score (nSPS) is 16.4. The smallest absolute Gasteiger partial charge is 0.305 e. The highest BCUT2D eigenvalue weighted by Gasteiger charge is 2.27. The second kappa shape index (κ2) is 5.23. The van der Waals surface area contributed by atoms with Crippen molar-refractivity contribution >= 4 is 17.3 Å². The first-order valence-corrected chi connectivity index (χ1v) is 6.01. The molecule has 0 radical (unpaired) electrons. The summed E-state index contributed by atoms with van der Waals surface area (Å²) in [6.45, 7) is 3.05. The van der Waals surface area contributed by atoms with Crippen molar-refractivity contribution in [3.05, 3.63) is 33.9 Å². The summed E-state index contributed by atoms with van der Waals surface area (Å²) >= 11 is 0. The van der Waals surface area contributed by atoms with Crippen LogP contribution in [-0.4, -0.2) is 49.0 Å². The summed E-state index contributed by atoms with van der Waals surface area (Å²) in [6.07, 6.45) is 0. The molecule has 1 amide bonds. The van der Waals surface area contributed by atoms with Gasteiger partial charge in [-0.25, -0.2) is 0 Å². The fourth-order valence-electron chi connectivity index (χ4n) is 2.22. The molecule has 0 bridgehead atoms. The van der Waals surface area contributed by atoms with Crippen LogP contribution in [0.1, 0.15) is 10.4 Å². The van der Waals surface area contributed by atoms with Crippen molar-refractivity contribution in [1.82, 2.24) is 4.90 Å². The Morgan fingerprint density at radius 1 is 1.32 bits per heavy atom. The Balaban J connectivity index is 2.42. The summed E-state index contributed by atoms with van der Waals surface area (Å²) in [4.78, 5) is 26.1. The largest absolute Gasteiger partial charge is 0.365 e. The first-order valence-electron chi connectivity index (χ1n) is 6.01. The molecule has 2 N–H and O–H groups in total. The van der Waals surface area contributed by atoms with Crippen LogP contribution in [0.4, 0.5) is 11.4 Å². The molecule has 102 valence electrons. The topological polar surface area (TPSA) is 92.7 Å². The van der Waals surface area contributed by atoms with Crippen molar-refractivity contribution in [2.75, 3.05) is 38.1 Å². The van der Waals surface area contributed by atoms with Gasteiger partial charge in [-0.1, -0.05) is 6.07 Å². The Bertz CT molecular complexity index is 510. The van der Waals surface area contributed by atoms with Crippen LogP contribution in [-0.2, 0) is 0 Å². The highest BCUT2D eigenvalue weighted by Crippen LogP contribution is 2.32. The number of hydrogen-bond acceptors (Lipinski definition) is 5. The second-order valence-corrected chi connectivity index (χ2v) is 4.58. The molecule has 1 saturated heterocycles. The van der Waals surface area contributed by atoms with Gasteiger partial charge in [0.05, 0.1) is 4.92 Å². The maximum absolute atomic E-state index is 11.3. The summed E-state index contributed by atoms with van der Waals surface area (Å²) in [5, 5.41) is 11.2. The van der Waals surface area contributed by atoms with E-state index in [1.165, 1.54) is 6.07 Å². The molecule has 0 atom stereocenters.